The summed E-state index contributed by atoms with van der Waals surface area (Å²) < 4.78 is 17.1. The van der Waals surface area contributed by atoms with Crippen LogP contribution < -0.4 is 19.5 Å². The number of β-amino-alcohol motifs (C(OH)–C–C–N with tert-alkyl or cyclic N) is 1. The highest BCUT2D eigenvalue weighted by molar-refractivity contribution is 6.43. The zero-order valence-electron chi connectivity index (χ0n) is 20.3. The van der Waals surface area contributed by atoms with Crippen LogP contribution in [-0.4, -0.2) is 79.1 Å². The first-order valence-corrected chi connectivity index (χ1v) is 13.0. The van der Waals surface area contributed by atoms with Crippen molar-refractivity contribution in [3.05, 3.63) is 51.5 Å². The fourth-order valence-corrected chi connectivity index (χ4v) is 4.80. The van der Waals surface area contributed by atoms with Crippen LogP contribution in [0.25, 0.3) is 0 Å². The van der Waals surface area contributed by atoms with Crippen LogP contribution in [0.1, 0.15) is 40.0 Å². The van der Waals surface area contributed by atoms with Crippen molar-refractivity contribution >= 4 is 35.1 Å². The maximum Gasteiger partial charge on any atom is 0.335 e. The highest BCUT2D eigenvalue weighted by Gasteiger charge is 2.29. The molecule has 1 fully saturated rings. The van der Waals surface area contributed by atoms with Gasteiger partial charge in [-0.25, -0.2) is 4.79 Å². The number of amides is 1. The van der Waals surface area contributed by atoms with E-state index in [1.54, 1.807) is 12.1 Å². The zero-order valence-corrected chi connectivity index (χ0v) is 21.8. The molecule has 1 saturated heterocycles. The average Bonchev–Trinajstić information content (AvgIpc) is 3.15. The molecule has 2 aromatic carbocycles. The van der Waals surface area contributed by atoms with Gasteiger partial charge in [-0.1, -0.05) is 23.2 Å². The number of aliphatic hydroxyl groups is 1. The van der Waals surface area contributed by atoms with Gasteiger partial charge in [-0.05, 0) is 49.7 Å². The lowest BCUT2D eigenvalue weighted by Gasteiger charge is -2.36. The molecule has 2 aromatic rings. The maximum atomic E-state index is 13.0. The number of ether oxygens (including phenoxy) is 3. The molecule has 0 aromatic heterocycles. The van der Waals surface area contributed by atoms with Gasteiger partial charge in [0.25, 0.3) is 5.91 Å². The van der Waals surface area contributed by atoms with E-state index in [1.807, 2.05) is 0 Å². The van der Waals surface area contributed by atoms with Gasteiger partial charge >= 0.3 is 5.97 Å². The van der Waals surface area contributed by atoms with Crippen LogP contribution in [0.5, 0.6) is 17.2 Å². The number of carboxylic acid groups (broad SMARTS) is 1. The van der Waals surface area contributed by atoms with Gasteiger partial charge in [0.05, 0.1) is 42.1 Å². The number of carbonyl (C=O) groups excluding carboxylic acids is 1. The minimum Gasteiger partial charge on any atom is -0.494 e. The second-order valence-corrected chi connectivity index (χ2v) is 9.87. The van der Waals surface area contributed by atoms with E-state index in [4.69, 9.17) is 42.5 Å². The molecule has 2 aliphatic heterocycles. The third-order valence-corrected chi connectivity index (χ3v) is 7.25. The summed E-state index contributed by atoms with van der Waals surface area (Å²) in [5.74, 6) is -0.215. The molecule has 0 saturated carbocycles. The molecular weight excluding hydrogens is 523 g/mol. The molecule has 0 aliphatic carbocycles. The van der Waals surface area contributed by atoms with Crippen LogP contribution in [0.4, 0.5) is 0 Å². The lowest BCUT2D eigenvalue weighted by Crippen LogP contribution is -2.48. The highest BCUT2D eigenvalue weighted by Crippen LogP contribution is 2.44. The number of likely N-dealkylation sites (tertiary alicyclic amines) is 1. The van der Waals surface area contributed by atoms with Gasteiger partial charge in [0.2, 0.25) is 0 Å². The number of benzene rings is 2. The molecule has 0 bridgehead atoms. The number of rotatable bonds is 9. The molecule has 3 N–H and O–H groups in total. The summed E-state index contributed by atoms with van der Waals surface area (Å²) in [4.78, 5) is 26.1. The summed E-state index contributed by atoms with van der Waals surface area (Å²) in [5, 5.41) is 23.0. The van der Waals surface area contributed by atoms with Gasteiger partial charge in [0, 0.05) is 32.0 Å². The Morgan fingerprint density at radius 3 is 2.57 bits per heavy atom. The molecule has 2 unspecified atom stereocenters. The van der Waals surface area contributed by atoms with Gasteiger partial charge in [-0.2, -0.15) is 0 Å². The molecule has 200 valence electrons. The Hall–Kier alpha value is -2.72. The summed E-state index contributed by atoms with van der Waals surface area (Å²) in [6, 6.07) is 7.78. The lowest BCUT2D eigenvalue weighted by atomic mass is 9.93. The van der Waals surface area contributed by atoms with Crippen LogP contribution in [0.3, 0.4) is 0 Å². The first-order valence-electron chi connectivity index (χ1n) is 12.3. The van der Waals surface area contributed by atoms with Gasteiger partial charge < -0.3 is 34.6 Å². The van der Waals surface area contributed by atoms with E-state index in [1.165, 1.54) is 18.2 Å². The van der Waals surface area contributed by atoms with E-state index in [2.05, 4.69) is 10.2 Å². The first-order chi connectivity index (χ1) is 17.8. The number of piperidine rings is 1. The first kappa shape index (κ1) is 27.3. The van der Waals surface area contributed by atoms with Crippen molar-refractivity contribution in [2.24, 2.45) is 5.92 Å². The van der Waals surface area contributed by atoms with E-state index in [9.17, 15) is 14.7 Å². The second kappa shape index (κ2) is 12.7. The van der Waals surface area contributed by atoms with E-state index in [0.29, 0.717) is 50.8 Å². The number of carbonyl (C=O) groups is 2. The van der Waals surface area contributed by atoms with Crippen molar-refractivity contribution in [1.82, 2.24) is 10.2 Å². The van der Waals surface area contributed by atoms with Crippen molar-refractivity contribution in [2.45, 2.75) is 25.4 Å². The smallest absolute Gasteiger partial charge is 0.335 e. The Morgan fingerprint density at radius 1 is 1.14 bits per heavy atom. The van der Waals surface area contributed by atoms with Gasteiger partial charge in [-0.3, -0.25) is 4.79 Å². The van der Waals surface area contributed by atoms with E-state index < -0.39 is 12.1 Å². The maximum absolute atomic E-state index is 13.0. The number of nitrogens with one attached hydrogen (secondary N) is 1. The van der Waals surface area contributed by atoms with Crippen molar-refractivity contribution < 1.29 is 34.0 Å². The Labute approximate surface area is 225 Å². The van der Waals surface area contributed by atoms with Gasteiger partial charge in [-0.15, -0.1) is 0 Å². The number of aromatic carboxylic acids is 1. The van der Waals surface area contributed by atoms with Gasteiger partial charge in [0.15, 0.2) is 11.5 Å². The van der Waals surface area contributed by atoms with Crippen LogP contribution >= 0.6 is 23.2 Å². The molecule has 1 amide bonds. The third-order valence-electron chi connectivity index (χ3n) is 6.48. The minimum absolute atomic E-state index is 0.0808. The number of halogens is 2. The van der Waals surface area contributed by atoms with Crippen molar-refractivity contribution in [2.75, 3.05) is 46.0 Å². The van der Waals surface area contributed by atoms with Crippen LogP contribution in [0, 0.1) is 5.92 Å². The van der Waals surface area contributed by atoms with Crippen molar-refractivity contribution in [3.63, 3.8) is 0 Å². The number of fused-ring (bicyclic) bond motifs is 1. The molecule has 9 nitrogen and oxygen atoms in total. The van der Waals surface area contributed by atoms with Crippen molar-refractivity contribution in [1.29, 1.82) is 0 Å². The normalized spacial score (nSPS) is 19.6. The van der Waals surface area contributed by atoms with Crippen LogP contribution in [-0.2, 0) is 0 Å². The number of carboxylic acids is 1. The molecule has 4 rings (SSSR count). The fraction of sp³-hybridized carbons (Fsp3) is 0.462. The van der Waals surface area contributed by atoms with Gasteiger partial charge in [0.1, 0.15) is 10.8 Å². The zero-order chi connectivity index (χ0) is 26.4. The molecule has 0 radical (unpaired) electrons. The standard InChI is InChI=1S/C26H30Cl2N2O7/c27-20-13-19(23-24(22(20)28)37-12-2-11-36-23)25(32)29-14-17-7-9-30(15-21(17)31)8-1-10-35-18-5-3-16(4-6-18)26(33)34/h3-6,13,17,21,31H,1-2,7-12,14-15H2,(H,29,32)(H,33,34). The molecule has 2 atom stereocenters. The average molecular weight is 553 g/mol. The quantitative estimate of drug-likeness (QED) is 0.403. The number of aliphatic hydroxyl groups excluding tert-OH is 1. The Balaban J connectivity index is 1.22. The summed E-state index contributed by atoms with van der Waals surface area (Å²) >= 11 is 12.5. The predicted octanol–water partition coefficient (Wildman–Crippen LogP) is 3.73. The number of hydrogen-bond acceptors (Lipinski definition) is 7. The largest absolute Gasteiger partial charge is 0.494 e. The number of hydrogen-bond donors (Lipinski definition) is 3. The predicted molar refractivity (Wildman–Crippen MR) is 138 cm³/mol. The van der Waals surface area contributed by atoms with E-state index >= 15 is 0 Å². The monoisotopic (exact) mass is 552 g/mol. The Morgan fingerprint density at radius 2 is 1.86 bits per heavy atom. The second-order valence-electron chi connectivity index (χ2n) is 9.09. The minimum atomic E-state index is -0.972. The lowest BCUT2D eigenvalue weighted by molar-refractivity contribution is 0.0205. The van der Waals surface area contributed by atoms with Crippen LogP contribution in [0.15, 0.2) is 30.3 Å². The summed E-state index contributed by atoms with van der Waals surface area (Å²) in [7, 11) is 0. The van der Waals surface area contributed by atoms with Crippen LogP contribution in [0.2, 0.25) is 10.0 Å². The molecule has 11 heteroatoms. The number of nitrogens with zero attached hydrogens (tertiary/aromatic N) is 1. The summed E-state index contributed by atoms with van der Waals surface area (Å²) in [5.41, 5.74) is 0.477. The molecule has 2 heterocycles. The molecule has 37 heavy (non-hydrogen) atoms. The summed E-state index contributed by atoms with van der Waals surface area (Å²) in [6.45, 7) is 3.69. The molecule has 2 aliphatic rings. The topological polar surface area (TPSA) is 118 Å². The summed E-state index contributed by atoms with van der Waals surface area (Å²) in [6.07, 6.45) is 1.58. The highest BCUT2D eigenvalue weighted by atomic mass is 35.5. The fourth-order valence-electron chi connectivity index (χ4n) is 4.41. The third kappa shape index (κ3) is 6.98. The SMILES string of the molecule is O=C(O)c1ccc(OCCCN2CCC(CNC(=O)c3cc(Cl)c(Cl)c4c3OCCCO4)C(O)C2)cc1. The molecule has 0 spiro atoms. The Kier molecular flexibility index (Phi) is 9.37. The Bertz CT molecular complexity index is 1110. The van der Waals surface area contributed by atoms with E-state index in [-0.39, 0.29) is 38.7 Å². The molecular formula is C26H30Cl2N2O7. The van der Waals surface area contributed by atoms with Crippen molar-refractivity contribution in [3.8, 4) is 17.2 Å². The van der Waals surface area contributed by atoms with E-state index in [0.717, 1.165) is 25.9 Å².